The van der Waals surface area contributed by atoms with E-state index < -0.39 is 0 Å². The first-order valence-electron chi connectivity index (χ1n) is 6.97. The van der Waals surface area contributed by atoms with Crippen LogP contribution in [0.3, 0.4) is 0 Å². The van der Waals surface area contributed by atoms with Crippen molar-refractivity contribution in [2.24, 2.45) is 0 Å². The summed E-state index contributed by atoms with van der Waals surface area (Å²) in [5.41, 5.74) is 2.10. The number of unbranched alkanes of at least 4 members (excludes halogenated alkanes) is 1. The molecule has 0 saturated heterocycles. The molecule has 6 heteroatoms. The average Bonchev–Trinajstić information content (AvgIpc) is 3.02. The van der Waals surface area contributed by atoms with Crippen LogP contribution < -0.4 is 0 Å². The monoisotopic (exact) mass is 305 g/mol. The topological polar surface area (TPSA) is 50.4 Å². The van der Waals surface area contributed by atoms with Gasteiger partial charge in [-0.25, -0.2) is 13.9 Å². The molecule has 0 saturated carbocycles. The molecule has 0 atom stereocenters. The molecule has 0 aliphatic heterocycles. The minimum Gasteiger partial charge on any atom is -0.390 e. The number of halogens is 1. The quantitative estimate of drug-likeness (QED) is 0.785. The second kappa shape index (κ2) is 5.91. The van der Waals surface area contributed by atoms with Gasteiger partial charge in [0.1, 0.15) is 10.8 Å². The number of imidazole rings is 1. The van der Waals surface area contributed by atoms with Crippen molar-refractivity contribution in [3.8, 4) is 11.3 Å². The van der Waals surface area contributed by atoms with E-state index in [0.29, 0.717) is 11.4 Å². The minimum absolute atomic E-state index is 0.148. The highest BCUT2D eigenvalue weighted by atomic mass is 32.1. The van der Waals surface area contributed by atoms with Gasteiger partial charge >= 0.3 is 0 Å². The van der Waals surface area contributed by atoms with E-state index in [0.717, 1.165) is 34.8 Å². The number of nitrogens with zero attached hydrogens (tertiary/aromatic N) is 3. The lowest BCUT2D eigenvalue weighted by atomic mass is 10.1. The van der Waals surface area contributed by atoms with E-state index in [2.05, 4.69) is 17.0 Å². The smallest absolute Gasteiger partial charge is 0.213 e. The van der Waals surface area contributed by atoms with Crippen LogP contribution in [0.15, 0.2) is 24.3 Å². The molecule has 3 rings (SSSR count). The number of rotatable bonds is 5. The van der Waals surface area contributed by atoms with Gasteiger partial charge in [0, 0.05) is 12.0 Å². The number of aryl methyl sites for hydroxylation is 1. The SMILES string of the molecule is CCCCc1nn2c(CO)c(-c3ccc(F)cc3)nc2s1. The number of fused-ring (bicyclic) bond motifs is 1. The maximum atomic E-state index is 13.0. The molecular weight excluding hydrogens is 289 g/mol. The molecule has 3 aromatic rings. The van der Waals surface area contributed by atoms with Gasteiger partial charge in [-0.3, -0.25) is 0 Å². The van der Waals surface area contributed by atoms with Crippen LogP contribution >= 0.6 is 11.3 Å². The fourth-order valence-electron chi connectivity index (χ4n) is 2.24. The van der Waals surface area contributed by atoms with Crippen LogP contribution in [0.2, 0.25) is 0 Å². The summed E-state index contributed by atoms with van der Waals surface area (Å²) in [4.78, 5) is 5.32. The van der Waals surface area contributed by atoms with Crippen molar-refractivity contribution < 1.29 is 9.50 Å². The standard InChI is InChI=1S/C15H16FN3OS/c1-2-3-4-13-18-19-12(9-20)14(17-15(19)21-13)10-5-7-11(16)8-6-10/h5-8,20H,2-4,9H2,1H3. The zero-order valence-electron chi connectivity index (χ0n) is 11.7. The Labute approximate surface area is 125 Å². The first-order valence-corrected chi connectivity index (χ1v) is 7.78. The number of aliphatic hydroxyl groups excluding tert-OH is 1. The molecule has 2 aromatic heterocycles. The lowest BCUT2D eigenvalue weighted by Gasteiger charge is -2.00. The number of aromatic nitrogens is 3. The molecule has 0 spiro atoms. The van der Waals surface area contributed by atoms with Gasteiger partial charge in [-0.15, -0.1) is 0 Å². The molecule has 0 fully saturated rings. The molecule has 0 unspecified atom stereocenters. The average molecular weight is 305 g/mol. The van der Waals surface area contributed by atoms with Gasteiger partial charge in [0.05, 0.1) is 18.0 Å². The highest BCUT2D eigenvalue weighted by molar-refractivity contribution is 7.16. The summed E-state index contributed by atoms with van der Waals surface area (Å²) in [6.45, 7) is 2.00. The summed E-state index contributed by atoms with van der Waals surface area (Å²) >= 11 is 1.54. The van der Waals surface area contributed by atoms with Crippen LogP contribution in [0.25, 0.3) is 16.2 Å². The molecule has 2 heterocycles. The van der Waals surface area contributed by atoms with E-state index in [1.807, 2.05) is 0 Å². The predicted octanol–water partition coefficient (Wildman–Crippen LogP) is 3.43. The van der Waals surface area contributed by atoms with Gasteiger partial charge in [0.15, 0.2) is 0 Å². The molecule has 1 aromatic carbocycles. The number of aliphatic hydroxyl groups is 1. The van der Waals surface area contributed by atoms with Crippen LogP contribution in [-0.4, -0.2) is 19.7 Å². The molecule has 0 radical (unpaired) electrons. The van der Waals surface area contributed by atoms with Crippen molar-refractivity contribution in [1.29, 1.82) is 0 Å². The van der Waals surface area contributed by atoms with Crippen molar-refractivity contribution in [3.63, 3.8) is 0 Å². The second-order valence-corrected chi connectivity index (χ2v) is 5.91. The first-order chi connectivity index (χ1) is 10.2. The first kappa shape index (κ1) is 14.2. The highest BCUT2D eigenvalue weighted by Gasteiger charge is 2.17. The van der Waals surface area contributed by atoms with Crippen molar-refractivity contribution >= 4 is 16.3 Å². The van der Waals surface area contributed by atoms with Crippen molar-refractivity contribution in [2.75, 3.05) is 0 Å². The number of benzene rings is 1. The van der Waals surface area contributed by atoms with Crippen LogP contribution in [0.5, 0.6) is 0 Å². The third-order valence-corrected chi connectivity index (χ3v) is 4.32. The maximum absolute atomic E-state index is 13.0. The Morgan fingerprint density at radius 1 is 1.29 bits per heavy atom. The Balaban J connectivity index is 2.03. The van der Waals surface area contributed by atoms with E-state index in [-0.39, 0.29) is 12.4 Å². The molecule has 0 bridgehead atoms. The molecule has 4 nitrogen and oxygen atoms in total. The van der Waals surface area contributed by atoms with Gasteiger partial charge in [0.2, 0.25) is 4.96 Å². The summed E-state index contributed by atoms with van der Waals surface area (Å²) in [7, 11) is 0. The Morgan fingerprint density at radius 3 is 2.71 bits per heavy atom. The fraction of sp³-hybridized carbons (Fsp3) is 0.333. The van der Waals surface area contributed by atoms with Crippen molar-refractivity contribution in [1.82, 2.24) is 14.6 Å². The van der Waals surface area contributed by atoms with E-state index in [1.165, 1.54) is 12.1 Å². The van der Waals surface area contributed by atoms with E-state index >= 15 is 0 Å². The van der Waals surface area contributed by atoms with Gasteiger partial charge in [-0.2, -0.15) is 5.10 Å². The number of hydrogen-bond acceptors (Lipinski definition) is 4. The van der Waals surface area contributed by atoms with Crippen LogP contribution in [0, 0.1) is 5.82 Å². The Kier molecular flexibility index (Phi) is 3.98. The molecule has 1 N–H and O–H groups in total. The summed E-state index contributed by atoms with van der Waals surface area (Å²) in [6.07, 6.45) is 3.15. The van der Waals surface area contributed by atoms with Gasteiger partial charge in [-0.1, -0.05) is 24.7 Å². The van der Waals surface area contributed by atoms with Gasteiger partial charge in [-0.05, 0) is 30.7 Å². The third-order valence-electron chi connectivity index (χ3n) is 3.35. The summed E-state index contributed by atoms with van der Waals surface area (Å²) in [6, 6.07) is 6.12. The van der Waals surface area contributed by atoms with Crippen LogP contribution in [0.1, 0.15) is 30.5 Å². The Morgan fingerprint density at radius 2 is 2.05 bits per heavy atom. The van der Waals surface area contributed by atoms with Crippen molar-refractivity contribution in [2.45, 2.75) is 32.8 Å². The van der Waals surface area contributed by atoms with Gasteiger partial charge in [0.25, 0.3) is 0 Å². The normalized spacial score (nSPS) is 11.4. The maximum Gasteiger partial charge on any atom is 0.213 e. The molecule has 0 aliphatic rings. The van der Waals surface area contributed by atoms with Crippen LogP contribution in [-0.2, 0) is 13.0 Å². The highest BCUT2D eigenvalue weighted by Crippen LogP contribution is 2.27. The van der Waals surface area contributed by atoms with Crippen LogP contribution in [0.4, 0.5) is 4.39 Å². The molecule has 0 amide bonds. The second-order valence-electron chi connectivity index (χ2n) is 4.87. The zero-order chi connectivity index (χ0) is 14.8. The van der Waals surface area contributed by atoms with E-state index in [4.69, 9.17) is 0 Å². The minimum atomic E-state index is -0.287. The fourth-order valence-corrected chi connectivity index (χ4v) is 3.19. The van der Waals surface area contributed by atoms with Crippen molar-refractivity contribution in [3.05, 3.63) is 40.8 Å². The number of hydrogen-bond donors (Lipinski definition) is 1. The largest absolute Gasteiger partial charge is 0.390 e. The van der Waals surface area contributed by atoms with E-state index in [1.54, 1.807) is 28.0 Å². The summed E-state index contributed by atoms with van der Waals surface area (Å²) in [5, 5.41) is 15.2. The predicted molar refractivity (Wildman–Crippen MR) is 80.8 cm³/mol. The molecule has 110 valence electrons. The molecular formula is C15H16FN3OS. The Hall–Kier alpha value is -1.79. The van der Waals surface area contributed by atoms with E-state index in [9.17, 15) is 9.50 Å². The van der Waals surface area contributed by atoms with Gasteiger partial charge < -0.3 is 5.11 Å². The summed E-state index contributed by atoms with van der Waals surface area (Å²) in [5.74, 6) is -0.287. The lowest BCUT2D eigenvalue weighted by molar-refractivity contribution is 0.275. The molecule has 21 heavy (non-hydrogen) atoms. The zero-order valence-corrected chi connectivity index (χ0v) is 12.5. The lowest BCUT2D eigenvalue weighted by Crippen LogP contribution is -1.97. The third kappa shape index (κ3) is 2.69. The summed E-state index contributed by atoms with van der Waals surface area (Å²) < 4.78 is 14.7. The molecule has 0 aliphatic carbocycles. The Bertz CT molecular complexity index is 748.